The highest BCUT2D eigenvalue weighted by Crippen LogP contribution is 2.34. The van der Waals surface area contributed by atoms with Crippen LogP contribution in [0, 0.1) is 11.3 Å². The Labute approximate surface area is 172 Å². The topological polar surface area (TPSA) is 175 Å². The lowest BCUT2D eigenvalue weighted by Gasteiger charge is -2.27. The second kappa shape index (κ2) is 8.19. The normalized spacial score (nSPS) is 18.6. The number of carboxylic acids is 1. The molecule has 0 saturated carbocycles. The van der Waals surface area contributed by atoms with Gasteiger partial charge in [-0.25, -0.2) is 0 Å². The van der Waals surface area contributed by atoms with Crippen LogP contribution in [0.25, 0.3) is 0 Å². The first-order valence-electron chi connectivity index (χ1n) is 9.20. The highest BCUT2D eigenvalue weighted by atomic mass is 16.4. The molecular formula is C20H22N6O4. The zero-order valence-corrected chi connectivity index (χ0v) is 16.3. The Morgan fingerprint density at radius 2 is 2.17 bits per heavy atom. The van der Waals surface area contributed by atoms with Crippen LogP contribution in [-0.4, -0.2) is 45.5 Å². The van der Waals surface area contributed by atoms with Crippen LogP contribution in [0.15, 0.2) is 53.1 Å². The predicted octanol–water partition coefficient (Wildman–Crippen LogP) is 0.433. The number of amidine groups is 1. The highest BCUT2D eigenvalue weighted by molar-refractivity contribution is 6.14. The van der Waals surface area contributed by atoms with E-state index in [0.717, 1.165) is 0 Å². The molecule has 0 fully saturated rings. The molecule has 0 saturated heterocycles. The van der Waals surface area contributed by atoms with Crippen LogP contribution in [0.4, 0.5) is 0 Å². The van der Waals surface area contributed by atoms with Crippen molar-refractivity contribution in [2.24, 2.45) is 17.4 Å². The number of nitrogens with one attached hydrogen (secondary N) is 2. The fourth-order valence-electron chi connectivity index (χ4n) is 3.51. The minimum absolute atomic E-state index is 0.0788. The molecule has 2 aliphatic rings. The van der Waals surface area contributed by atoms with Gasteiger partial charge in [-0.15, -0.1) is 0 Å². The van der Waals surface area contributed by atoms with Crippen molar-refractivity contribution in [3.63, 3.8) is 0 Å². The zero-order chi connectivity index (χ0) is 22.0. The molecule has 0 aromatic carbocycles. The fourth-order valence-corrected chi connectivity index (χ4v) is 3.51. The number of hydrazine groups is 1. The van der Waals surface area contributed by atoms with Crippen LogP contribution in [0.1, 0.15) is 35.3 Å². The number of carbonyl (C=O) groups excluding carboxylic acids is 2. The molecule has 1 unspecified atom stereocenters. The van der Waals surface area contributed by atoms with Gasteiger partial charge in [0.25, 0.3) is 0 Å². The predicted molar refractivity (Wildman–Crippen MR) is 108 cm³/mol. The van der Waals surface area contributed by atoms with E-state index in [1.807, 2.05) is 0 Å². The minimum atomic E-state index is -0.972. The number of nitrogen functional groups attached to an aromatic ring is 1. The molecule has 1 aliphatic heterocycles. The molecule has 156 valence electrons. The highest BCUT2D eigenvalue weighted by Gasteiger charge is 2.33. The molecule has 1 aromatic heterocycles. The van der Waals surface area contributed by atoms with Gasteiger partial charge in [-0.1, -0.05) is 0 Å². The van der Waals surface area contributed by atoms with Gasteiger partial charge in [0.15, 0.2) is 5.78 Å². The van der Waals surface area contributed by atoms with Crippen LogP contribution in [-0.2, 0) is 9.59 Å². The quantitative estimate of drug-likeness (QED) is 0.253. The number of Topliss-reactive ketones (excluding diaryl/α,β-unsaturated/α-hetero) is 2. The maximum absolute atomic E-state index is 13.0. The van der Waals surface area contributed by atoms with Gasteiger partial charge in [-0.05, 0) is 30.7 Å². The van der Waals surface area contributed by atoms with Crippen LogP contribution < -0.4 is 16.9 Å². The fraction of sp³-hybridized carbons (Fsp3) is 0.250. The number of pyridine rings is 1. The Hall–Kier alpha value is -3.95. The first-order valence-corrected chi connectivity index (χ1v) is 9.20. The summed E-state index contributed by atoms with van der Waals surface area (Å²) in [5.41, 5.74) is 15.9. The van der Waals surface area contributed by atoms with Crippen molar-refractivity contribution >= 4 is 23.4 Å². The first-order chi connectivity index (χ1) is 14.2. The number of ketones is 2. The van der Waals surface area contributed by atoms with Crippen molar-refractivity contribution in [2.75, 3.05) is 7.05 Å². The van der Waals surface area contributed by atoms with E-state index in [2.05, 4.69) is 10.4 Å². The Bertz CT molecular complexity index is 1040. The smallest absolute Gasteiger partial charge is 0.303 e. The van der Waals surface area contributed by atoms with E-state index in [-0.39, 0.29) is 48.0 Å². The second-order valence-corrected chi connectivity index (χ2v) is 7.07. The average molecular weight is 410 g/mol. The lowest BCUT2D eigenvalue weighted by molar-refractivity contribution is -0.137. The van der Waals surface area contributed by atoms with Crippen molar-refractivity contribution in [3.05, 3.63) is 64.4 Å². The van der Waals surface area contributed by atoms with E-state index in [4.69, 9.17) is 22.0 Å². The molecule has 1 aliphatic carbocycles. The van der Waals surface area contributed by atoms with Crippen molar-refractivity contribution in [1.82, 2.24) is 15.4 Å². The molecule has 1 aromatic rings. The zero-order valence-electron chi connectivity index (χ0n) is 16.3. The summed E-state index contributed by atoms with van der Waals surface area (Å²) >= 11 is 0. The van der Waals surface area contributed by atoms with E-state index >= 15 is 0 Å². The largest absolute Gasteiger partial charge is 0.481 e. The van der Waals surface area contributed by atoms with Crippen LogP contribution in [0.2, 0.25) is 0 Å². The number of rotatable bonds is 6. The van der Waals surface area contributed by atoms with Gasteiger partial charge in [0, 0.05) is 48.7 Å². The first kappa shape index (κ1) is 20.8. The third-order valence-electron chi connectivity index (χ3n) is 4.91. The summed E-state index contributed by atoms with van der Waals surface area (Å²) in [5.74, 6) is -2.10. The molecule has 2 heterocycles. The van der Waals surface area contributed by atoms with E-state index in [1.165, 1.54) is 23.3 Å². The van der Waals surface area contributed by atoms with E-state index in [9.17, 15) is 14.4 Å². The SMILES string of the molecule is CN1NC(N)=CC(CCC(=O)O)C2=C1C=C(C(=O)c1cc(C(=N)N)ccn1)CC2=O. The van der Waals surface area contributed by atoms with Crippen molar-refractivity contribution in [1.29, 1.82) is 5.41 Å². The summed E-state index contributed by atoms with van der Waals surface area (Å²) in [6.45, 7) is 0. The van der Waals surface area contributed by atoms with Gasteiger partial charge in [0.1, 0.15) is 17.4 Å². The number of aromatic nitrogens is 1. The van der Waals surface area contributed by atoms with Crippen molar-refractivity contribution in [3.8, 4) is 0 Å². The van der Waals surface area contributed by atoms with E-state index in [0.29, 0.717) is 16.8 Å². The number of hydrogen-bond acceptors (Lipinski definition) is 8. The second-order valence-electron chi connectivity index (χ2n) is 7.07. The van der Waals surface area contributed by atoms with Crippen molar-refractivity contribution in [2.45, 2.75) is 19.3 Å². The third kappa shape index (κ3) is 4.22. The molecule has 0 amide bonds. The number of nitrogens with two attached hydrogens (primary N) is 2. The van der Waals surface area contributed by atoms with Crippen LogP contribution in [0.5, 0.6) is 0 Å². The summed E-state index contributed by atoms with van der Waals surface area (Å²) in [4.78, 5) is 41.1. The minimum Gasteiger partial charge on any atom is -0.481 e. The summed E-state index contributed by atoms with van der Waals surface area (Å²) < 4.78 is 0. The molecule has 7 N–H and O–H groups in total. The number of carboxylic acid groups (broad SMARTS) is 1. The van der Waals surface area contributed by atoms with Gasteiger partial charge in [0.05, 0.1) is 5.70 Å². The average Bonchev–Trinajstić information content (AvgIpc) is 2.81. The molecule has 0 spiro atoms. The molecule has 0 bridgehead atoms. The molecule has 10 heteroatoms. The standard InChI is InChI=1S/C20H22N6O4/c1-26-14-7-12(19(30)13-6-11(20(22)23)4-5-24-13)8-15(27)18(14)10(2-3-17(28)29)9-16(21)25-26/h4-7,9-10,25H,2-3,8,21H2,1H3,(H3,22,23)(H,28,29). The number of aliphatic carboxylic acids is 1. The number of allylic oxidation sites excluding steroid dienone is 4. The maximum atomic E-state index is 13.0. The summed E-state index contributed by atoms with van der Waals surface area (Å²) in [6.07, 6.45) is 4.53. The van der Waals surface area contributed by atoms with Gasteiger partial charge in [-0.3, -0.25) is 35.2 Å². The lowest BCUT2D eigenvalue weighted by atomic mass is 9.82. The third-order valence-corrected chi connectivity index (χ3v) is 4.91. The van der Waals surface area contributed by atoms with Crippen LogP contribution >= 0.6 is 0 Å². The molecular weight excluding hydrogens is 388 g/mol. The van der Waals surface area contributed by atoms with Gasteiger partial charge < -0.3 is 16.6 Å². The maximum Gasteiger partial charge on any atom is 0.303 e. The van der Waals surface area contributed by atoms with Crippen LogP contribution in [0.3, 0.4) is 0 Å². The van der Waals surface area contributed by atoms with E-state index in [1.54, 1.807) is 19.2 Å². The Kier molecular flexibility index (Phi) is 5.67. The Morgan fingerprint density at radius 3 is 2.83 bits per heavy atom. The summed E-state index contributed by atoms with van der Waals surface area (Å²) in [5, 5.41) is 18.1. The monoisotopic (exact) mass is 410 g/mol. The van der Waals surface area contributed by atoms with Gasteiger partial charge in [-0.2, -0.15) is 0 Å². The Morgan fingerprint density at radius 1 is 1.43 bits per heavy atom. The molecule has 0 radical (unpaired) electrons. The van der Waals surface area contributed by atoms with Gasteiger partial charge >= 0.3 is 5.97 Å². The molecule has 1 atom stereocenters. The molecule has 3 rings (SSSR count). The van der Waals surface area contributed by atoms with E-state index < -0.39 is 17.7 Å². The Balaban J connectivity index is 2.01. The van der Waals surface area contributed by atoms with Crippen molar-refractivity contribution < 1.29 is 19.5 Å². The van der Waals surface area contributed by atoms with Gasteiger partial charge in [0.2, 0.25) is 5.78 Å². The molecule has 10 nitrogen and oxygen atoms in total. The summed E-state index contributed by atoms with van der Waals surface area (Å²) in [7, 11) is 1.65. The number of hydrogen-bond donors (Lipinski definition) is 5. The summed E-state index contributed by atoms with van der Waals surface area (Å²) in [6, 6.07) is 2.93. The molecule has 30 heavy (non-hydrogen) atoms. The number of carbonyl (C=O) groups is 3. The lowest BCUT2D eigenvalue weighted by Crippen LogP contribution is -2.36. The number of nitrogens with zero attached hydrogens (tertiary/aromatic N) is 2. The number of likely N-dealkylation sites (N-methyl/N-ethyl adjacent to an activating group) is 1.